The molecule has 124 valence electrons. The van der Waals surface area contributed by atoms with E-state index in [0.717, 1.165) is 35.1 Å². The van der Waals surface area contributed by atoms with E-state index in [9.17, 15) is 4.79 Å². The first kappa shape index (κ1) is 16.1. The van der Waals surface area contributed by atoms with Gasteiger partial charge in [-0.1, -0.05) is 25.1 Å². The normalized spacial score (nSPS) is 12.1. The van der Waals surface area contributed by atoms with E-state index in [0.29, 0.717) is 0 Å². The number of benzene rings is 1. The smallest absolute Gasteiger partial charge is 0.218 e. The second-order valence-electron chi connectivity index (χ2n) is 5.79. The Morgan fingerprint density at radius 2 is 2.00 bits per heavy atom. The van der Waals surface area contributed by atoms with Crippen molar-refractivity contribution in [3.05, 3.63) is 60.6 Å². The molecule has 5 heteroatoms. The molecule has 5 nitrogen and oxygen atoms in total. The summed E-state index contributed by atoms with van der Waals surface area (Å²) in [7, 11) is 0. The van der Waals surface area contributed by atoms with E-state index < -0.39 is 0 Å². The molecule has 0 saturated carbocycles. The van der Waals surface area contributed by atoms with E-state index in [4.69, 9.17) is 0 Å². The third kappa shape index (κ3) is 3.25. The number of anilines is 1. The van der Waals surface area contributed by atoms with Crippen LogP contribution < -0.4 is 10.2 Å². The SMILES string of the molecule is CCCN(c1ccncc1)C(NC(C)=O)c1c[nH]c2ccccc12. The zero-order valence-electron chi connectivity index (χ0n) is 14.0. The maximum Gasteiger partial charge on any atom is 0.218 e. The Balaban J connectivity index is 2.08. The molecule has 0 aliphatic heterocycles. The number of nitrogens with zero attached hydrogens (tertiary/aromatic N) is 2. The molecule has 0 spiro atoms. The molecule has 2 N–H and O–H groups in total. The molecule has 0 saturated heterocycles. The minimum Gasteiger partial charge on any atom is -0.361 e. The van der Waals surface area contributed by atoms with Gasteiger partial charge in [0.1, 0.15) is 6.17 Å². The second-order valence-corrected chi connectivity index (χ2v) is 5.79. The van der Waals surface area contributed by atoms with Crippen molar-refractivity contribution in [1.82, 2.24) is 15.3 Å². The van der Waals surface area contributed by atoms with Gasteiger partial charge in [0, 0.05) is 54.2 Å². The van der Waals surface area contributed by atoms with Crippen LogP contribution in [0.2, 0.25) is 0 Å². The van der Waals surface area contributed by atoms with Crippen LogP contribution in [-0.4, -0.2) is 22.4 Å². The number of amides is 1. The third-order valence-electron chi connectivity index (χ3n) is 4.03. The number of H-pyrrole nitrogens is 1. The van der Waals surface area contributed by atoms with Gasteiger partial charge < -0.3 is 15.2 Å². The first-order valence-electron chi connectivity index (χ1n) is 8.20. The molecule has 3 rings (SSSR count). The van der Waals surface area contributed by atoms with Crippen molar-refractivity contribution in [1.29, 1.82) is 0 Å². The lowest BCUT2D eigenvalue weighted by atomic mass is 10.1. The molecule has 0 radical (unpaired) electrons. The molecule has 2 aromatic heterocycles. The van der Waals surface area contributed by atoms with Crippen molar-refractivity contribution < 1.29 is 4.79 Å². The average molecular weight is 322 g/mol. The van der Waals surface area contributed by atoms with Gasteiger partial charge in [0.15, 0.2) is 0 Å². The van der Waals surface area contributed by atoms with Crippen molar-refractivity contribution in [2.24, 2.45) is 0 Å². The fourth-order valence-electron chi connectivity index (χ4n) is 3.02. The van der Waals surface area contributed by atoms with Crippen LogP contribution >= 0.6 is 0 Å². The molecule has 0 aliphatic carbocycles. The van der Waals surface area contributed by atoms with Crippen molar-refractivity contribution in [2.75, 3.05) is 11.4 Å². The highest BCUT2D eigenvalue weighted by Crippen LogP contribution is 2.30. The summed E-state index contributed by atoms with van der Waals surface area (Å²) in [4.78, 5) is 21.5. The van der Waals surface area contributed by atoms with E-state index in [-0.39, 0.29) is 12.1 Å². The fourth-order valence-corrected chi connectivity index (χ4v) is 3.02. The Morgan fingerprint density at radius 1 is 1.25 bits per heavy atom. The van der Waals surface area contributed by atoms with Crippen LogP contribution in [0, 0.1) is 0 Å². The van der Waals surface area contributed by atoms with Gasteiger partial charge in [0.2, 0.25) is 5.91 Å². The molecular formula is C19H22N4O. The summed E-state index contributed by atoms with van der Waals surface area (Å²) in [6.45, 7) is 4.52. The number of aromatic nitrogens is 2. The summed E-state index contributed by atoms with van der Waals surface area (Å²) in [5.41, 5.74) is 3.16. The van der Waals surface area contributed by atoms with Crippen LogP contribution in [-0.2, 0) is 4.79 Å². The first-order valence-corrected chi connectivity index (χ1v) is 8.20. The molecule has 1 aromatic carbocycles. The van der Waals surface area contributed by atoms with Gasteiger partial charge in [0.25, 0.3) is 0 Å². The summed E-state index contributed by atoms with van der Waals surface area (Å²) in [5, 5.41) is 4.22. The molecule has 1 amide bonds. The molecule has 1 atom stereocenters. The van der Waals surface area contributed by atoms with Gasteiger partial charge in [-0.3, -0.25) is 9.78 Å². The maximum atomic E-state index is 11.9. The molecule has 0 fully saturated rings. The molecular weight excluding hydrogens is 300 g/mol. The van der Waals surface area contributed by atoms with E-state index in [2.05, 4.69) is 33.2 Å². The van der Waals surface area contributed by atoms with Crippen LogP contribution in [0.25, 0.3) is 10.9 Å². The van der Waals surface area contributed by atoms with Gasteiger partial charge >= 0.3 is 0 Å². The number of hydrogen-bond donors (Lipinski definition) is 2. The van der Waals surface area contributed by atoms with Crippen LogP contribution in [0.15, 0.2) is 55.0 Å². The van der Waals surface area contributed by atoms with Crippen molar-refractivity contribution >= 4 is 22.5 Å². The Hall–Kier alpha value is -2.82. The standard InChI is InChI=1S/C19H22N4O/c1-3-12-23(15-8-10-20-11-9-15)19(22-14(2)24)17-13-21-18-7-5-4-6-16(17)18/h4-11,13,19,21H,3,12H2,1-2H3,(H,22,24). The summed E-state index contributed by atoms with van der Waals surface area (Å²) < 4.78 is 0. The predicted octanol–water partition coefficient (Wildman–Crippen LogP) is 3.61. The lowest BCUT2D eigenvalue weighted by molar-refractivity contribution is -0.119. The Morgan fingerprint density at radius 3 is 2.71 bits per heavy atom. The number of aromatic amines is 1. The number of nitrogens with one attached hydrogen (secondary N) is 2. The van der Waals surface area contributed by atoms with Gasteiger partial charge in [-0.25, -0.2) is 0 Å². The van der Waals surface area contributed by atoms with E-state index >= 15 is 0 Å². The number of para-hydroxylation sites is 1. The molecule has 0 aliphatic rings. The first-order chi connectivity index (χ1) is 11.7. The number of fused-ring (bicyclic) bond motifs is 1. The van der Waals surface area contributed by atoms with Gasteiger partial charge in [0.05, 0.1) is 0 Å². The van der Waals surface area contributed by atoms with Crippen LogP contribution in [0.4, 0.5) is 5.69 Å². The average Bonchev–Trinajstić information content (AvgIpc) is 3.02. The van der Waals surface area contributed by atoms with Crippen LogP contribution in [0.1, 0.15) is 32.0 Å². The Kier molecular flexibility index (Phi) is 4.79. The zero-order chi connectivity index (χ0) is 16.9. The Labute approximate surface area is 141 Å². The van der Waals surface area contributed by atoms with Crippen LogP contribution in [0.3, 0.4) is 0 Å². The molecule has 3 aromatic rings. The summed E-state index contributed by atoms with van der Waals surface area (Å²) in [6.07, 6.45) is 6.27. The second kappa shape index (κ2) is 7.17. The predicted molar refractivity (Wildman–Crippen MR) is 96.7 cm³/mol. The highest BCUT2D eigenvalue weighted by Gasteiger charge is 2.24. The Bertz CT molecular complexity index is 812. The van der Waals surface area contributed by atoms with Crippen molar-refractivity contribution in [3.8, 4) is 0 Å². The van der Waals surface area contributed by atoms with Crippen LogP contribution in [0.5, 0.6) is 0 Å². The minimum absolute atomic E-state index is 0.0551. The third-order valence-corrected chi connectivity index (χ3v) is 4.03. The molecule has 2 heterocycles. The lowest BCUT2D eigenvalue weighted by Gasteiger charge is -2.33. The number of pyridine rings is 1. The number of hydrogen-bond acceptors (Lipinski definition) is 3. The summed E-state index contributed by atoms with van der Waals surface area (Å²) >= 11 is 0. The largest absolute Gasteiger partial charge is 0.361 e. The number of carbonyl (C=O) groups is 1. The highest BCUT2D eigenvalue weighted by atomic mass is 16.1. The topological polar surface area (TPSA) is 61.0 Å². The maximum absolute atomic E-state index is 11.9. The molecule has 24 heavy (non-hydrogen) atoms. The van der Waals surface area contributed by atoms with Crippen molar-refractivity contribution in [2.45, 2.75) is 26.4 Å². The number of carbonyl (C=O) groups excluding carboxylic acids is 1. The van der Waals surface area contributed by atoms with Gasteiger partial charge in [-0.2, -0.15) is 0 Å². The van der Waals surface area contributed by atoms with E-state index in [1.54, 1.807) is 19.3 Å². The quantitative estimate of drug-likeness (QED) is 0.682. The van der Waals surface area contributed by atoms with E-state index in [1.807, 2.05) is 36.5 Å². The van der Waals surface area contributed by atoms with E-state index in [1.165, 1.54) is 0 Å². The monoisotopic (exact) mass is 322 g/mol. The number of rotatable bonds is 6. The highest BCUT2D eigenvalue weighted by molar-refractivity contribution is 5.85. The lowest BCUT2D eigenvalue weighted by Crippen LogP contribution is -2.41. The summed E-state index contributed by atoms with van der Waals surface area (Å²) in [5.74, 6) is -0.0551. The molecule has 1 unspecified atom stereocenters. The van der Waals surface area contributed by atoms with Crippen molar-refractivity contribution in [3.63, 3.8) is 0 Å². The van der Waals surface area contributed by atoms with Gasteiger partial charge in [-0.05, 0) is 24.6 Å². The van der Waals surface area contributed by atoms with Gasteiger partial charge in [-0.15, -0.1) is 0 Å². The summed E-state index contributed by atoms with van der Waals surface area (Å²) in [6, 6.07) is 12.1. The zero-order valence-corrected chi connectivity index (χ0v) is 14.0. The molecule has 0 bridgehead atoms. The fraction of sp³-hybridized carbons (Fsp3) is 0.263. The minimum atomic E-state index is -0.235.